The molecule has 150 valence electrons. The van der Waals surface area contributed by atoms with Crippen molar-refractivity contribution < 1.29 is 9.47 Å². The van der Waals surface area contributed by atoms with E-state index in [-0.39, 0.29) is 5.60 Å². The van der Waals surface area contributed by atoms with Gasteiger partial charge in [0.2, 0.25) is 0 Å². The molecule has 0 amide bonds. The van der Waals surface area contributed by atoms with Gasteiger partial charge in [-0.1, -0.05) is 26.7 Å². The van der Waals surface area contributed by atoms with Gasteiger partial charge in [0.15, 0.2) is 5.79 Å². The number of hydrogen-bond acceptors (Lipinski definition) is 2. The van der Waals surface area contributed by atoms with Gasteiger partial charge in [0.25, 0.3) is 0 Å². The fourth-order valence-electron chi connectivity index (χ4n) is 8.84. The summed E-state index contributed by atoms with van der Waals surface area (Å²) in [5, 5.41) is 0. The lowest BCUT2D eigenvalue weighted by Crippen LogP contribution is -2.43. The molecule has 4 rings (SSSR count). The van der Waals surface area contributed by atoms with Crippen molar-refractivity contribution in [1.82, 2.24) is 0 Å². The van der Waals surface area contributed by atoms with Crippen LogP contribution in [0.1, 0.15) is 80.1 Å². The molecule has 4 aliphatic rings. The van der Waals surface area contributed by atoms with Crippen LogP contribution in [0.5, 0.6) is 0 Å². The average molecular weight is 363 g/mol. The minimum Gasteiger partial charge on any atom is -0.354 e. The Morgan fingerprint density at radius 1 is 0.808 bits per heavy atom. The van der Waals surface area contributed by atoms with Crippen molar-refractivity contribution in [3.05, 3.63) is 0 Å². The fraction of sp³-hybridized carbons (Fsp3) is 1.00. The van der Waals surface area contributed by atoms with E-state index in [1.54, 1.807) is 13.5 Å². The third-order valence-corrected chi connectivity index (χ3v) is 9.16. The van der Waals surface area contributed by atoms with Crippen LogP contribution in [0.3, 0.4) is 0 Å². The second-order valence-electron chi connectivity index (χ2n) is 11.2. The number of ether oxygens (including phenoxy) is 2. The molecule has 0 aromatic carbocycles. The van der Waals surface area contributed by atoms with Crippen molar-refractivity contribution in [1.29, 1.82) is 0 Å². The maximum Gasteiger partial charge on any atom is 0.163 e. The topological polar surface area (TPSA) is 18.5 Å². The lowest BCUT2D eigenvalue weighted by atomic mass is 9.59. The van der Waals surface area contributed by atoms with Crippen molar-refractivity contribution in [2.45, 2.75) is 91.5 Å². The zero-order chi connectivity index (χ0) is 18.9. The SMILES string of the molecule is CCC1C(CC)C2CC1C1C3CC(CC(C)(C)OC(C)(C)OC)C(C3)C21. The first-order valence-corrected chi connectivity index (χ1v) is 11.5. The largest absolute Gasteiger partial charge is 0.354 e. The van der Waals surface area contributed by atoms with Crippen LogP contribution in [0, 0.1) is 53.3 Å². The van der Waals surface area contributed by atoms with Crippen molar-refractivity contribution in [3.63, 3.8) is 0 Å². The summed E-state index contributed by atoms with van der Waals surface area (Å²) in [4.78, 5) is 0. The molecule has 0 heterocycles. The maximum atomic E-state index is 6.37. The first-order valence-electron chi connectivity index (χ1n) is 11.5. The highest BCUT2D eigenvalue weighted by Crippen LogP contribution is 2.72. The summed E-state index contributed by atoms with van der Waals surface area (Å²) in [6.07, 6.45) is 8.63. The van der Waals surface area contributed by atoms with Crippen LogP contribution in [0.2, 0.25) is 0 Å². The van der Waals surface area contributed by atoms with E-state index in [2.05, 4.69) is 27.7 Å². The highest BCUT2D eigenvalue weighted by Gasteiger charge is 2.66. The van der Waals surface area contributed by atoms with Gasteiger partial charge in [-0.3, -0.25) is 0 Å². The standard InChI is InChI=1S/C24H42O2/c1-8-16-17(9-2)20-12-19(16)21-14-10-15(18(11-14)22(20)21)13-23(3,4)26-24(5,6)25-7/h14-22H,8-13H2,1-7H3. The average Bonchev–Trinajstić information content (AvgIpc) is 3.29. The minimum absolute atomic E-state index is 0.0993. The van der Waals surface area contributed by atoms with Crippen molar-refractivity contribution in [3.8, 4) is 0 Å². The van der Waals surface area contributed by atoms with Gasteiger partial charge in [-0.15, -0.1) is 0 Å². The Morgan fingerprint density at radius 2 is 1.42 bits per heavy atom. The molecule has 0 aromatic rings. The van der Waals surface area contributed by atoms with Gasteiger partial charge in [-0.05, 0) is 107 Å². The highest BCUT2D eigenvalue weighted by molar-refractivity contribution is 5.14. The van der Waals surface area contributed by atoms with Crippen molar-refractivity contribution >= 4 is 0 Å². The predicted octanol–water partition coefficient (Wildman–Crippen LogP) is 6.14. The van der Waals surface area contributed by atoms with Gasteiger partial charge in [0.1, 0.15) is 0 Å². The summed E-state index contributed by atoms with van der Waals surface area (Å²) in [6, 6.07) is 0. The van der Waals surface area contributed by atoms with E-state index < -0.39 is 5.79 Å². The summed E-state index contributed by atoms with van der Waals surface area (Å²) >= 11 is 0. The summed E-state index contributed by atoms with van der Waals surface area (Å²) in [6.45, 7) is 13.5. The molecule has 0 saturated heterocycles. The number of rotatable bonds is 7. The zero-order valence-electron chi connectivity index (χ0n) is 18.3. The molecule has 0 N–H and O–H groups in total. The molecule has 0 aromatic heterocycles. The van der Waals surface area contributed by atoms with Gasteiger partial charge < -0.3 is 9.47 Å². The van der Waals surface area contributed by atoms with Crippen LogP contribution in [-0.2, 0) is 9.47 Å². The van der Waals surface area contributed by atoms with Crippen LogP contribution in [0.25, 0.3) is 0 Å². The van der Waals surface area contributed by atoms with Gasteiger partial charge in [0, 0.05) is 7.11 Å². The Hall–Kier alpha value is -0.0800. The normalized spacial score (nSPS) is 47.0. The Kier molecular flexibility index (Phi) is 4.79. The van der Waals surface area contributed by atoms with E-state index in [1.807, 2.05) is 13.8 Å². The van der Waals surface area contributed by atoms with E-state index in [9.17, 15) is 0 Å². The number of hydrogen-bond donors (Lipinski definition) is 0. The Bertz CT molecular complexity index is 524. The maximum absolute atomic E-state index is 6.37. The van der Waals surface area contributed by atoms with Gasteiger partial charge >= 0.3 is 0 Å². The van der Waals surface area contributed by atoms with E-state index in [0.29, 0.717) is 0 Å². The van der Waals surface area contributed by atoms with Crippen LogP contribution in [0.15, 0.2) is 0 Å². The van der Waals surface area contributed by atoms with Gasteiger partial charge in [-0.2, -0.15) is 0 Å². The van der Waals surface area contributed by atoms with E-state index in [1.165, 1.54) is 32.1 Å². The molecule has 9 atom stereocenters. The zero-order valence-corrected chi connectivity index (χ0v) is 18.3. The minimum atomic E-state index is -0.488. The van der Waals surface area contributed by atoms with Gasteiger partial charge in [-0.25, -0.2) is 0 Å². The van der Waals surface area contributed by atoms with Crippen LogP contribution in [-0.4, -0.2) is 18.5 Å². The molecule has 0 aliphatic heterocycles. The number of fused-ring (bicyclic) bond motifs is 9. The first kappa shape index (κ1) is 19.2. The first-order chi connectivity index (χ1) is 12.2. The third-order valence-electron chi connectivity index (χ3n) is 9.16. The van der Waals surface area contributed by atoms with Crippen molar-refractivity contribution in [2.75, 3.05) is 7.11 Å². The Balaban J connectivity index is 1.47. The second-order valence-corrected chi connectivity index (χ2v) is 11.2. The molecule has 26 heavy (non-hydrogen) atoms. The van der Waals surface area contributed by atoms with Gasteiger partial charge in [0.05, 0.1) is 5.60 Å². The molecule has 4 saturated carbocycles. The number of methoxy groups -OCH3 is 1. The predicted molar refractivity (Wildman–Crippen MR) is 107 cm³/mol. The Morgan fingerprint density at radius 3 is 2.00 bits per heavy atom. The summed E-state index contributed by atoms with van der Waals surface area (Å²) in [5.41, 5.74) is -0.0993. The lowest BCUT2D eigenvalue weighted by molar-refractivity contribution is -0.255. The lowest BCUT2D eigenvalue weighted by Gasteiger charge is -2.46. The summed E-state index contributed by atoms with van der Waals surface area (Å²) in [7, 11) is 1.75. The molecular formula is C24H42O2. The second kappa shape index (κ2) is 6.48. The summed E-state index contributed by atoms with van der Waals surface area (Å²) < 4.78 is 11.9. The molecule has 4 fully saturated rings. The van der Waals surface area contributed by atoms with Crippen molar-refractivity contribution in [2.24, 2.45) is 53.3 Å². The molecule has 4 aliphatic carbocycles. The highest BCUT2D eigenvalue weighted by atomic mass is 16.7. The van der Waals surface area contributed by atoms with Crippen LogP contribution < -0.4 is 0 Å². The fourth-order valence-corrected chi connectivity index (χ4v) is 8.84. The van der Waals surface area contributed by atoms with E-state index >= 15 is 0 Å². The van der Waals surface area contributed by atoms with E-state index in [4.69, 9.17) is 9.47 Å². The molecule has 2 nitrogen and oxygen atoms in total. The molecule has 2 heteroatoms. The molecular weight excluding hydrogens is 320 g/mol. The molecule has 0 spiro atoms. The Labute approximate surface area is 161 Å². The molecule has 4 bridgehead atoms. The third kappa shape index (κ3) is 2.89. The monoisotopic (exact) mass is 362 g/mol. The molecule has 0 radical (unpaired) electrons. The quantitative estimate of drug-likeness (QED) is 0.400. The van der Waals surface area contributed by atoms with Crippen LogP contribution in [0.4, 0.5) is 0 Å². The van der Waals surface area contributed by atoms with E-state index in [0.717, 1.165) is 53.3 Å². The smallest absolute Gasteiger partial charge is 0.163 e. The summed E-state index contributed by atoms with van der Waals surface area (Å²) in [5.74, 6) is 8.76. The van der Waals surface area contributed by atoms with Crippen LogP contribution >= 0.6 is 0 Å². The molecule has 9 unspecified atom stereocenters.